The Kier molecular flexibility index (Phi) is 6.92. The van der Waals surface area contributed by atoms with Gasteiger partial charge in [-0.25, -0.2) is 19.3 Å². The number of aliphatic hydroxyl groups is 1. The van der Waals surface area contributed by atoms with Crippen LogP contribution in [0.4, 0.5) is 11.6 Å². The van der Waals surface area contributed by atoms with Gasteiger partial charge in [0.1, 0.15) is 16.8 Å². The molecule has 226 valence electrons. The van der Waals surface area contributed by atoms with Crippen LogP contribution in [0.25, 0.3) is 16.9 Å². The summed E-state index contributed by atoms with van der Waals surface area (Å²) in [6.07, 6.45) is 8.34. The third kappa shape index (κ3) is 4.62. The number of nitrogens with zero attached hydrogens (tertiary/aromatic N) is 6. The van der Waals surface area contributed by atoms with Gasteiger partial charge in [-0.3, -0.25) is 14.4 Å². The number of fused-ring (bicyclic) bond motifs is 3. The van der Waals surface area contributed by atoms with Crippen LogP contribution in [0.15, 0.2) is 54.0 Å². The van der Waals surface area contributed by atoms with Gasteiger partial charge in [0.25, 0.3) is 11.5 Å². The minimum atomic E-state index is -1.00. The number of Topliss-reactive ketones (excluding diaryl/α,β-unsaturated/α-hetero) is 1. The number of rotatable bonds is 7. The third-order valence-corrected chi connectivity index (χ3v) is 9.42. The molecule has 0 bridgehead atoms. The van der Waals surface area contributed by atoms with E-state index in [4.69, 9.17) is 9.97 Å². The maximum atomic E-state index is 13.4. The van der Waals surface area contributed by atoms with E-state index in [0.29, 0.717) is 66.3 Å². The molecule has 1 amide bonds. The number of amides is 1. The van der Waals surface area contributed by atoms with Crippen LogP contribution in [0.3, 0.4) is 0 Å². The molecule has 3 aliphatic rings. The molecule has 0 unspecified atom stereocenters. The van der Waals surface area contributed by atoms with Crippen molar-refractivity contribution in [1.29, 1.82) is 0 Å². The van der Waals surface area contributed by atoms with Gasteiger partial charge in [0, 0.05) is 42.9 Å². The molecule has 4 aromatic rings. The van der Waals surface area contributed by atoms with E-state index in [1.54, 1.807) is 10.8 Å². The van der Waals surface area contributed by atoms with Gasteiger partial charge < -0.3 is 15.3 Å². The van der Waals surface area contributed by atoms with Crippen LogP contribution in [-0.4, -0.2) is 58.6 Å². The van der Waals surface area contributed by atoms with Gasteiger partial charge in [-0.05, 0) is 73.9 Å². The van der Waals surface area contributed by atoms with Crippen molar-refractivity contribution in [2.24, 2.45) is 0 Å². The van der Waals surface area contributed by atoms with Crippen LogP contribution in [0, 0.1) is 0 Å². The zero-order chi connectivity index (χ0) is 30.6. The van der Waals surface area contributed by atoms with E-state index in [1.807, 2.05) is 42.2 Å². The number of pyridine rings is 1. The average molecular weight is 594 g/mol. The molecule has 2 aliphatic carbocycles. The van der Waals surface area contributed by atoms with Crippen LogP contribution in [-0.2, 0) is 29.8 Å². The van der Waals surface area contributed by atoms with Gasteiger partial charge in [0.2, 0.25) is 5.95 Å². The number of benzene rings is 1. The smallest absolute Gasteiger partial charge is 0.278 e. The summed E-state index contributed by atoms with van der Waals surface area (Å²) in [5.74, 6) is 1.07. The molecule has 1 fully saturated rings. The quantitative estimate of drug-likeness (QED) is 0.308. The van der Waals surface area contributed by atoms with Crippen LogP contribution >= 0.6 is 0 Å². The first-order valence-corrected chi connectivity index (χ1v) is 15.3. The van der Waals surface area contributed by atoms with Crippen molar-refractivity contribution in [1.82, 2.24) is 29.2 Å². The second-order valence-corrected chi connectivity index (χ2v) is 12.0. The molecule has 2 N–H and O–H groups in total. The molecule has 0 saturated heterocycles. The van der Waals surface area contributed by atoms with Crippen molar-refractivity contribution in [3.05, 3.63) is 81.9 Å². The minimum Gasteiger partial charge on any atom is -0.384 e. The Morgan fingerprint density at radius 3 is 2.66 bits per heavy atom. The first kappa shape index (κ1) is 28.1. The molecule has 11 heteroatoms. The largest absolute Gasteiger partial charge is 0.384 e. The lowest BCUT2D eigenvalue weighted by molar-refractivity contribution is -0.121. The highest BCUT2D eigenvalue weighted by atomic mass is 16.3. The highest BCUT2D eigenvalue weighted by molar-refractivity contribution is 5.97. The predicted octanol–water partition coefficient (Wildman–Crippen LogP) is 3.96. The van der Waals surface area contributed by atoms with E-state index < -0.39 is 5.60 Å². The lowest BCUT2D eigenvalue weighted by Gasteiger charge is -2.37. The molecule has 11 nitrogen and oxygen atoms in total. The van der Waals surface area contributed by atoms with Gasteiger partial charge in [0.05, 0.1) is 12.2 Å². The number of ketones is 1. The first-order valence-electron chi connectivity index (χ1n) is 15.3. The van der Waals surface area contributed by atoms with Crippen molar-refractivity contribution in [2.45, 2.75) is 76.5 Å². The summed E-state index contributed by atoms with van der Waals surface area (Å²) in [4.78, 5) is 54.4. The molecule has 1 saturated carbocycles. The molecule has 7 rings (SSSR count). The number of anilines is 2. The summed E-state index contributed by atoms with van der Waals surface area (Å²) >= 11 is 0. The van der Waals surface area contributed by atoms with Crippen molar-refractivity contribution in [3.8, 4) is 5.82 Å². The number of allylic oxidation sites excluding steroid dienone is 1. The number of nitrogens with one attached hydrogen (secondary N) is 1. The van der Waals surface area contributed by atoms with Crippen molar-refractivity contribution < 1.29 is 14.7 Å². The molecule has 3 aromatic heterocycles. The first-order chi connectivity index (χ1) is 21.3. The van der Waals surface area contributed by atoms with Gasteiger partial charge in [-0.15, -0.1) is 6.58 Å². The van der Waals surface area contributed by atoms with Crippen molar-refractivity contribution >= 4 is 34.4 Å². The summed E-state index contributed by atoms with van der Waals surface area (Å²) in [5.41, 5.74) is 3.13. The number of hydrogen-bond acceptors (Lipinski definition) is 8. The molecule has 4 heterocycles. The minimum absolute atomic E-state index is 0.0132. The highest BCUT2D eigenvalue weighted by Gasteiger charge is 2.37. The molecular weight excluding hydrogens is 558 g/mol. The Labute approximate surface area is 254 Å². The summed E-state index contributed by atoms with van der Waals surface area (Å²) in [7, 11) is 0. The Morgan fingerprint density at radius 2 is 1.89 bits per heavy atom. The SMILES string of the molecule is C=CCn1c(=O)c2cnc(Nc3ccc4c(c3)CCN(C3CCC(=O)CC3)C4=O)nc2n1-c1ccc2c(n1)[C@@](O)(CC)CC2. The fourth-order valence-corrected chi connectivity index (χ4v) is 6.91. The molecule has 44 heavy (non-hydrogen) atoms. The Bertz CT molecular complexity index is 1880. The Balaban J connectivity index is 1.21. The number of carbonyl (C=O) groups is 2. The normalized spacial score (nSPS) is 20.2. The lowest BCUT2D eigenvalue weighted by Crippen LogP contribution is -2.46. The van der Waals surface area contributed by atoms with E-state index in [-0.39, 0.29) is 29.8 Å². The fraction of sp³-hybridized carbons (Fsp3) is 0.394. The zero-order valence-corrected chi connectivity index (χ0v) is 24.8. The maximum absolute atomic E-state index is 13.4. The summed E-state index contributed by atoms with van der Waals surface area (Å²) in [6, 6.07) is 9.55. The lowest BCUT2D eigenvalue weighted by atomic mass is 9.90. The fourth-order valence-electron chi connectivity index (χ4n) is 6.91. The van der Waals surface area contributed by atoms with E-state index in [9.17, 15) is 19.5 Å². The number of carbonyl (C=O) groups excluding carboxylic acids is 2. The zero-order valence-electron chi connectivity index (χ0n) is 24.8. The van der Waals surface area contributed by atoms with E-state index >= 15 is 0 Å². The average Bonchev–Trinajstić information content (AvgIpc) is 3.51. The predicted molar refractivity (Wildman–Crippen MR) is 165 cm³/mol. The number of aromatic nitrogens is 5. The Morgan fingerprint density at radius 1 is 1.07 bits per heavy atom. The molecule has 1 aromatic carbocycles. The van der Waals surface area contributed by atoms with E-state index in [0.717, 1.165) is 42.5 Å². The molecular formula is C33H35N7O4. The number of aryl methyl sites for hydroxylation is 1. The second-order valence-electron chi connectivity index (χ2n) is 12.0. The van der Waals surface area contributed by atoms with E-state index in [1.165, 1.54) is 10.9 Å². The van der Waals surface area contributed by atoms with Crippen LogP contribution in [0.2, 0.25) is 0 Å². The van der Waals surface area contributed by atoms with Gasteiger partial charge in [-0.1, -0.05) is 19.1 Å². The maximum Gasteiger partial charge on any atom is 0.278 e. The summed E-state index contributed by atoms with van der Waals surface area (Å²) in [6.45, 7) is 6.63. The topological polar surface area (TPSA) is 135 Å². The highest BCUT2D eigenvalue weighted by Crippen LogP contribution is 2.38. The van der Waals surface area contributed by atoms with Gasteiger partial charge >= 0.3 is 0 Å². The molecule has 0 radical (unpaired) electrons. The van der Waals surface area contributed by atoms with E-state index in [2.05, 4.69) is 16.9 Å². The molecule has 1 atom stereocenters. The van der Waals surface area contributed by atoms with Crippen LogP contribution in [0.1, 0.15) is 72.6 Å². The summed E-state index contributed by atoms with van der Waals surface area (Å²) < 4.78 is 3.18. The summed E-state index contributed by atoms with van der Waals surface area (Å²) in [5, 5.41) is 14.8. The third-order valence-electron chi connectivity index (χ3n) is 9.42. The Hall–Kier alpha value is -4.64. The monoisotopic (exact) mass is 593 g/mol. The van der Waals surface area contributed by atoms with Gasteiger partial charge in [-0.2, -0.15) is 4.98 Å². The van der Waals surface area contributed by atoms with Crippen LogP contribution < -0.4 is 10.9 Å². The second kappa shape index (κ2) is 10.8. The number of hydrogen-bond donors (Lipinski definition) is 2. The van der Waals surface area contributed by atoms with Crippen molar-refractivity contribution in [3.63, 3.8) is 0 Å². The van der Waals surface area contributed by atoms with Crippen LogP contribution in [0.5, 0.6) is 0 Å². The van der Waals surface area contributed by atoms with Crippen molar-refractivity contribution in [2.75, 3.05) is 11.9 Å². The molecule has 1 aliphatic heterocycles. The standard InChI is InChI=1S/C33H35N7O4/c1-3-16-39-31(43)26-19-34-32(37-29(26)40(39)27-12-5-20-13-15-33(44,4-2)28(20)36-27)35-22-6-11-25-21(18-22)14-17-38(30(25)42)23-7-9-24(41)10-8-23/h3,5-6,11-12,18-19,23,44H,1,4,7-10,13-17H2,2H3,(H,34,35,37)/t33-/m1/s1. The molecule has 0 spiro atoms. The van der Waals surface area contributed by atoms with Gasteiger partial charge in [0.15, 0.2) is 11.5 Å².